The molecule has 1 spiro atoms. The van der Waals surface area contributed by atoms with Crippen LogP contribution in [-0.4, -0.2) is 30.1 Å². The minimum absolute atomic E-state index is 0.344. The first-order valence-corrected chi connectivity index (χ1v) is 6.01. The lowest BCUT2D eigenvalue weighted by Gasteiger charge is -2.47. The van der Waals surface area contributed by atoms with Gasteiger partial charge in [0.1, 0.15) is 0 Å². The van der Waals surface area contributed by atoms with Crippen LogP contribution in [0.25, 0.3) is 0 Å². The van der Waals surface area contributed by atoms with Crippen molar-refractivity contribution >= 4 is 0 Å². The van der Waals surface area contributed by atoms with Gasteiger partial charge in [0.25, 0.3) is 0 Å². The summed E-state index contributed by atoms with van der Waals surface area (Å²) in [5.74, 6) is 1.70. The zero-order valence-electron chi connectivity index (χ0n) is 9.79. The molecule has 0 aromatic rings. The van der Waals surface area contributed by atoms with Gasteiger partial charge in [-0.15, -0.1) is 0 Å². The lowest BCUT2D eigenvalue weighted by Crippen LogP contribution is -2.56. The topological polar surface area (TPSA) is 29.3 Å². The first-order chi connectivity index (χ1) is 6.54. The zero-order valence-corrected chi connectivity index (χ0v) is 9.79. The van der Waals surface area contributed by atoms with Crippen molar-refractivity contribution in [1.82, 2.24) is 4.90 Å². The Labute approximate surface area is 87.8 Å². The smallest absolute Gasteiger partial charge is 0.0362 e. The minimum Gasteiger partial charge on any atom is -0.326 e. The molecular weight excluding hydrogens is 172 g/mol. The third-order valence-electron chi connectivity index (χ3n) is 4.43. The number of rotatable bonds is 0. The fraction of sp³-hybridized carbons (Fsp3) is 1.00. The van der Waals surface area contributed by atoms with Crippen LogP contribution < -0.4 is 5.73 Å². The standard InChI is InChI=1S/C12H24N2/c1-9-6-10(2)8-12(7-9)11(13)4-5-14(12)3/h9-11H,4-8,13H2,1-3H3. The largest absolute Gasteiger partial charge is 0.326 e. The van der Waals surface area contributed by atoms with Crippen LogP contribution in [0.1, 0.15) is 39.5 Å². The number of nitrogens with two attached hydrogens (primary N) is 1. The quantitative estimate of drug-likeness (QED) is 0.640. The normalized spacial score (nSPS) is 50.1. The van der Waals surface area contributed by atoms with E-state index in [0.717, 1.165) is 11.8 Å². The fourth-order valence-electron chi connectivity index (χ4n) is 3.87. The molecule has 0 amide bonds. The van der Waals surface area contributed by atoms with Gasteiger partial charge >= 0.3 is 0 Å². The molecule has 1 saturated carbocycles. The summed E-state index contributed by atoms with van der Waals surface area (Å²) < 4.78 is 0. The van der Waals surface area contributed by atoms with Gasteiger partial charge in [0.2, 0.25) is 0 Å². The highest BCUT2D eigenvalue weighted by molar-refractivity contribution is 5.06. The first-order valence-electron chi connectivity index (χ1n) is 6.01. The van der Waals surface area contributed by atoms with Gasteiger partial charge in [-0.2, -0.15) is 0 Å². The molecule has 14 heavy (non-hydrogen) atoms. The highest BCUT2D eigenvalue weighted by atomic mass is 15.2. The molecule has 2 fully saturated rings. The average Bonchev–Trinajstić information content (AvgIpc) is 2.32. The molecule has 1 heterocycles. The summed E-state index contributed by atoms with van der Waals surface area (Å²) in [7, 11) is 2.26. The molecule has 2 heteroatoms. The molecule has 2 rings (SSSR count). The van der Waals surface area contributed by atoms with E-state index in [9.17, 15) is 0 Å². The number of likely N-dealkylation sites (tertiary alicyclic amines) is 1. The van der Waals surface area contributed by atoms with Crippen LogP contribution in [0.5, 0.6) is 0 Å². The van der Waals surface area contributed by atoms with Gasteiger partial charge in [0, 0.05) is 11.6 Å². The fourth-order valence-corrected chi connectivity index (χ4v) is 3.87. The van der Waals surface area contributed by atoms with Crippen LogP contribution in [0, 0.1) is 11.8 Å². The summed E-state index contributed by atoms with van der Waals surface area (Å²) in [6.07, 6.45) is 5.21. The summed E-state index contributed by atoms with van der Waals surface area (Å²) in [6.45, 7) is 5.97. The van der Waals surface area contributed by atoms with Crippen molar-refractivity contribution < 1.29 is 0 Å². The van der Waals surface area contributed by atoms with Crippen molar-refractivity contribution in [3.05, 3.63) is 0 Å². The molecule has 0 aromatic heterocycles. The summed E-state index contributed by atoms with van der Waals surface area (Å²) in [4.78, 5) is 2.53. The number of hydrogen-bond donors (Lipinski definition) is 1. The van der Waals surface area contributed by atoms with Crippen LogP contribution in [0.2, 0.25) is 0 Å². The van der Waals surface area contributed by atoms with Crippen LogP contribution >= 0.6 is 0 Å². The Morgan fingerprint density at radius 3 is 2.21 bits per heavy atom. The van der Waals surface area contributed by atoms with Crippen molar-refractivity contribution in [1.29, 1.82) is 0 Å². The molecule has 2 nitrogen and oxygen atoms in total. The predicted octanol–water partition coefficient (Wildman–Crippen LogP) is 1.84. The van der Waals surface area contributed by atoms with E-state index in [0.29, 0.717) is 11.6 Å². The lowest BCUT2D eigenvalue weighted by atomic mass is 9.69. The van der Waals surface area contributed by atoms with Crippen molar-refractivity contribution in [2.75, 3.05) is 13.6 Å². The number of hydrogen-bond acceptors (Lipinski definition) is 2. The maximum absolute atomic E-state index is 6.32. The molecule has 1 saturated heterocycles. The van der Waals surface area contributed by atoms with Crippen molar-refractivity contribution in [3.8, 4) is 0 Å². The van der Waals surface area contributed by atoms with Gasteiger partial charge in [-0.25, -0.2) is 0 Å². The van der Waals surface area contributed by atoms with E-state index in [1.807, 2.05) is 0 Å². The Morgan fingerprint density at radius 2 is 1.79 bits per heavy atom. The molecule has 0 radical (unpaired) electrons. The number of likely N-dealkylation sites (N-methyl/N-ethyl adjacent to an activating group) is 1. The van der Waals surface area contributed by atoms with Crippen molar-refractivity contribution in [3.63, 3.8) is 0 Å². The van der Waals surface area contributed by atoms with Gasteiger partial charge in [0.15, 0.2) is 0 Å². The maximum atomic E-state index is 6.32. The van der Waals surface area contributed by atoms with E-state index in [1.54, 1.807) is 0 Å². The highest BCUT2D eigenvalue weighted by Gasteiger charge is 2.48. The van der Waals surface area contributed by atoms with Gasteiger partial charge in [-0.05, 0) is 51.1 Å². The molecular formula is C12H24N2. The highest BCUT2D eigenvalue weighted by Crippen LogP contribution is 2.44. The molecule has 1 aliphatic carbocycles. The minimum atomic E-state index is 0.344. The summed E-state index contributed by atoms with van der Waals surface area (Å²) >= 11 is 0. The second-order valence-corrected chi connectivity index (χ2v) is 5.77. The monoisotopic (exact) mass is 196 g/mol. The summed E-state index contributed by atoms with van der Waals surface area (Å²) in [6, 6.07) is 0.415. The van der Waals surface area contributed by atoms with E-state index >= 15 is 0 Å². The van der Waals surface area contributed by atoms with Crippen molar-refractivity contribution in [2.24, 2.45) is 17.6 Å². The molecule has 0 bridgehead atoms. The second kappa shape index (κ2) is 3.49. The van der Waals surface area contributed by atoms with Crippen LogP contribution in [0.15, 0.2) is 0 Å². The molecule has 82 valence electrons. The Balaban J connectivity index is 2.20. The van der Waals surface area contributed by atoms with E-state index in [-0.39, 0.29) is 0 Å². The first kappa shape index (κ1) is 10.4. The second-order valence-electron chi connectivity index (χ2n) is 5.77. The average molecular weight is 196 g/mol. The Morgan fingerprint density at radius 1 is 1.21 bits per heavy atom. The molecule has 3 unspecified atom stereocenters. The van der Waals surface area contributed by atoms with Gasteiger partial charge in [-0.1, -0.05) is 13.8 Å². The van der Waals surface area contributed by atoms with E-state index in [1.165, 1.54) is 32.2 Å². The van der Waals surface area contributed by atoms with Crippen LogP contribution in [0.3, 0.4) is 0 Å². The third-order valence-corrected chi connectivity index (χ3v) is 4.43. The summed E-state index contributed by atoms with van der Waals surface area (Å²) in [5.41, 5.74) is 6.66. The lowest BCUT2D eigenvalue weighted by molar-refractivity contribution is 0.0554. The van der Waals surface area contributed by atoms with E-state index in [2.05, 4.69) is 25.8 Å². The zero-order chi connectivity index (χ0) is 10.3. The van der Waals surface area contributed by atoms with Gasteiger partial charge in [0.05, 0.1) is 0 Å². The Bertz CT molecular complexity index is 192. The maximum Gasteiger partial charge on any atom is 0.0362 e. The SMILES string of the molecule is CC1CC(C)CC2(C1)C(N)CCN2C. The Kier molecular flexibility index (Phi) is 2.61. The third kappa shape index (κ3) is 1.49. The van der Waals surface area contributed by atoms with E-state index < -0.39 is 0 Å². The van der Waals surface area contributed by atoms with Crippen LogP contribution in [-0.2, 0) is 0 Å². The van der Waals surface area contributed by atoms with Crippen LogP contribution in [0.4, 0.5) is 0 Å². The molecule has 2 N–H and O–H groups in total. The van der Waals surface area contributed by atoms with Crippen molar-refractivity contribution in [2.45, 2.75) is 51.1 Å². The summed E-state index contributed by atoms with van der Waals surface area (Å²) in [5, 5.41) is 0. The predicted molar refractivity (Wildman–Crippen MR) is 60.1 cm³/mol. The Hall–Kier alpha value is -0.0800. The molecule has 2 aliphatic rings. The van der Waals surface area contributed by atoms with Gasteiger partial charge < -0.3 is 5.73 Å². The number of nitrogens with zero attached hydrogens (tertiary/aromatic N) is 1. The van der Waals surface area contributed by atoms with E-state index in [4.69, 9.17) is 5.73 Å². The molecule has 1 aliphatic heterocycles. The molecule has 3 atom stereocenters. The molecule has 0 aromatic carbocycles. The van der Waals surface area contributed by atoms with Gasteiger partial charge in [-0.3, -0.25) is 4.90 Å².